The van der Waals surface area contributed by atoms with Crippen LogP contribution in [-0.4, -0.2) is 13.9 Å². The average molecular weight is 238 g/mol. The molecule has 0 radical (unpaired) electrons. The van der Waals surface area contributed by atoms with E-state index in [0.717, 1.165) is 6.42 Å². The third kappa shape index (κ3) is 2.32. The van der Waals surface area contributed by atoms with Gasteiger partial charge >= 0.3 is 0 Å². The van der Waals surface area contributed by atoms with E-state index in [-0.39, 0.29) is 5.41 Å². The van der Waals surface area contributed by atoms with E-state index in [1.807, 2.05) is 0 Å². The molecule has 1 aliphatic rings. The van der Waals surface area contributed by atoms with E-state index in [1.165, 1.54) is 11.6 Å². The summed E-state index contributed by atoms with van der Waals surface area (Å²) in [5, 5.41) is 0. The van der Waals surface area contributed by atoms with Gasteiger partial charge in [-0.05, 0) is 32.1 Å². The van der Waals surface area contributed by atoms with Crippen LogP contribution in [0, 0.1) is 17.3 Å². The highest BCUT2D eigenvalue weighted by Crippen LogP contribution is 2.53. The fourth-order valence-corrected chi connectivity index (χ4v) is 5.17. The number of ketones is 1. The molecule has 1 nitrogen and oxygen atoms in total. The van der Waals surface area contributed by atoms with E-state index in [4.69, 9.17) is 0 Å². The van der Waals surface area contributed by atoms with Crippen LogP contribution in [-0.2, 0) is 4.79 Å². The summed E-state index contributed by atoms with van der Waals surface area (Å²) < 4.78 is 0. The predicted molar refractivity (Wildman–Crippen MR) is 73.4 cm³/mol. The maximum Gasteiger partial charge on any atom is 0.139 e. The Morgan fingerprint density at radius 2 is 2.00 bits per heavy atom. The van der Waals surface area contributed by atoms with Crippen molar-refractivity contribution >= 4 is 13.9 Å². The van der Waals surface area contributed by atoms with Crippen molar-refractivity contribution < 1.29 is 4.79 Å². The standard InChI is InChI=1S/C14H26OSi/c1-10-8-13(9-16(5,6)7)14(4,11(10)2)12(3)15/h10,13H,2,8-9H2,1,3-7H3/t10-,13+,14+/m0/s1. The van der Waals surface area contributed by atoms with E-state index >= 15 is 0 Å². The zero-order valence-electron chi connectivity index (χ0n) is 11.7. The molecule has 0 bridgehead atoms. The second-order valence-corrected chi connectivity index (χ2v) is 12.4. The molecule has 0 saturated heterocycles. The minimum absolute atomic E-state index is 0.250. The molecule has 1 fully saturated rings. The van der Waals surface area contributed by atoms with Crippen molar-refractivity contribution in [2.75, 3.05) is 0 Å². The molecule has 0 amide bonds. The van der Waals surface area contributed by atoms with Crippen molar-refractivity contribution in [3.63, 3.8) is 0 Å². The molecule has 0 aromatic carbocycles. The van der Waals surface area contributed by atoms with Gasteiger partial charge in [0, 0.05) is 13.5 Å². The molecule has 16 heavy (non-hydrogen) atoms. The number of hydrogen-bond acceptors (Lipinski definition) is 1. The van der Waals surface area contributed by atoms with Gasteiger partial charge in [-0.25, -0.2) is 0 Å². The van der Waals surface area contributed by atoms with Gasteiger partial charge in [-0.3, -0.25) is 4.79 Å². The van der Waals surface area contributed by atoms with E-state index in [0.29, 0.717) is 17.6 Å². The summed E-state index contributed by atoms with van der Waals surface area (Å²) in [4.78, 5) is 12.0. The average Bonchev–Trinajstić information content (AvgIpc) is 2.29. The summed E-state index contributed by atoms with van der Waals surface area (Å²) in [6, 6.07) is 1.24. The first kappa shape index (κ1) is 13.7. The third-order valence-corrected chi connectivity index (χ3v) is 6.02. The van der Waals surface area contributed by atoms with Crippen LogP contribution >= 0.6 is 0 Å². The number of Topliss-reactive ketones (excluding diaryl/α,β-unsaturated/α-hetero) is 1. The summed E-state index contributed by atoms with van der Waals surface area (Å²) in [6.45, 7) is 17.4. The largest absolute Gasteiger partial charge is 0.299 e. The van der Waals surface area contributed by atoms with Crippen molar-refractivity contribution in [3.8, 4) is 0 Å². The van der Waals surface area contributed by atoms with E-state index < -0.39 is 8.07 Å². The van der Waals surface area contributed by atoms with Gasteiger partial charge in [0.15, 0.2) is 0 Å². The van der Waals surface area contributed by atoms with E-state index in [2.05, 4.69) is 40.1 Å². The van der Waals surface area contributed by atoms with Crippen LogP contribution in [0.2, 0.25) is 25.7 Å². The maximum atomic E-state index is 12.0. The van der Waals surface area contributed by atoms with E-state index in [9.17, 15) is 4.79 Å². The van der Waals surface area contributed by atoms with Gasteiger partial charge in [-0.15, -0.1) is 0 Å². The number of allylic oxidation sites excluding steroid dienone is 1. The molecule has 0 unspecified atom stereocenters. The highest BCUT2D eigenvalue weighted by molar-refractivity contribution is 6.76. The van der Waals surface area contributed by atoms with Crippen molar-refractivity contribution in [2.45, 2.75) is 52.9 Å². The van der Waals surface area contributed by atoms with Crippen molar-refractivity contribution in [2.24, 2.45) is 17.3 Å². The van der Waals surface area contributed by atoms with Crippen LogP contribution in [0.1, 0.15) is 27.2 Å². The zero-order chi connectivity index (χ0) is 12.7. The van der Waals surface area contributed by atoms with Gasteiger partial charge in [0.2, 0.25) is 0 Å². The van der Waals surface area contributed by atoms with Crippen molar-refractivity contribution in [1.82, 2.24) is 0 Å². The number of carbonyl (C=O) groups excluding carboxylic acids is 1. The summed E-state index contributed by atoms with van der Waals surface area (Å²) >= 11 is 0. The minimum atomic E-state index is -1.11. The van der Waals surface area contributed by atoms with Gasteiger partial charge < -0.3 is 0 Å². The topological polar surface area (TPSA) is 17.1 Å². The Morgan fingerprint density at radius 3 is 2.38 bits per heavy atom. The van der Waals surface area contributed by atoms with Gasteiger partial charge in [-0.2, -0.15) is 0 Å². The fraction of sp³-hybridized carbons (Fsp3) is 0.786. The van der Waals surface area contributed by atoms with Crippen LogP contribution < -0.4 is 0 Å². The summed E-state index contributed by atoms with van der Waals surface area (Å²) in [5.74, 6) is 1.35. The smallest absolute Gasteiger partial charge is 0.139 e. The molecule has 1 aliphatic carbocycles. The Labute approximate surface area is 101 Å². The molecule has 0 aromatic heterocycles. The minimum Gasteiger partial charge on any atom is -0.299 e. The van der Waals surface area contributed by atoms with Gasteiger partial charge in [0.1, 0.15) is 5.78 Å². The monoisotopic (exact) mass is 238 g/mol. The molecule has 3 atom stereocenters. The van der Waals surface area contributed by atoms with Crippen LogP contribution in [0.5, 0.6) is 0 Å². The van der Waals surface area contributed by atoms with Gasteiger partial charge in [0.05, 0.1) is 0 Å². The Bertz CT molecular complexity index is 313. The Balaban J connectivity index is 3.01. The third-order valence-electron chi connectivity index (χ3n) is 4.31. The molecule has 0 N–H and O–H groups in total. The molecule has 0 aliphatic heterocycles. The first-order chi connectivity index (χ1) is 7.09. The lowest BCUT2D eigenvalue weighted by Gasteiger charge is -2.33. The van der Waals surface area contributed by atoms with Gasteiger partial charge in [-0.1, -0.05) is 44.8 Å². The Kier molecular flexibility index (Phi) is 3.54. The van der Waals surface area contributed by atoms with Gasteiger partial charge in [0.25, 0.3) is 0 Å². The lowest BCUT2D eigenvalue weighted by atomic mass is 9.74. The Hall–Kier alpha value is -0.373. The summed E-state index contributed by atoms with van der Waals surface area (Å²) in [5.41, 5.74) is 0.919. The number of hydrogen-bond donors (Lipinski definition) is 0. The predicted octanol–water partition coefficient (Wildman–Crippen LogP) is 4.13. The van der Waals surface area contributed by atoms with Crippen LogP contribution in [0.25, 0.3) is 0 Å². The molecule has 92 valence electrons. The molecule has 2 heteroatoms. The summed E-state index contributed by atoms with van der Waals surface area (Å²) in [7, 11) is -1.11. The quantitative estimate of drug-likeness (QED) is 0.533. The van der Waals surface area contributed by atoms with E-state index in [1.54, 1.807) is 6.92 Å². The second kappa shape index (κ2) is 4.14. The first-order valence-corrected chi connectivity index (χ1v) is 10.00. The first-order valence-electron chi connectivity index (χ1n) is 6.29. The van der Waals surface area contributed by atoms with Crippen LogP contribution in [0.15, 0.2) is 12.2 Å². The normalized spacial score (nSPS) is 35.5. The SMILES string of the molecule is C=C1[C@@H](C)C[C@H](C[Si](C)(C)C)[C@@]1(C)C(C)=O. The second-order valence-electron chi connectivity index (χ2n) is 6.88. The number of rotatable bonds is 3. The molecular weight excluding hydrogens is 212 g/mol. The fourth-order valence-electron chi connectivity index (χ4n) is 3.12. The lowest BCUT2D eigenvalue weighted by molar-refractivity contribution is -0.125. The molecule has 0 spiro atoms. The zero-order valence-corrected chi connectivity index (χ0v) is 12.7. The highest BCUT2D eigenvalue weighted by atomic mass is 28.3. The molecule has 1 saturated carbocycles. The maximum absolute atomic E-state index is 12.0. The lowest BCUT2D eigenvalue weighted by Crippen LogP contribution is -2.36. The molecule has 0 aromatic rings. The molecule has 1 rings (SSSR count). The molecular formula is C14H26OSi. The number of carbonyl (C=O) groups is 1. The van der Waals surface area contributed by atoms with Crippen molar-refractivity contribution in [1.29, 1.82) is 0 Å². The summed E-state index contributed by atoms with van der Waals surface area (Å²) in [6.07, 6.45) is 1.15. The van der Waals surface area contributed by atoms with Crippen LogP contribution in [0.3, 0.4) is 0 Å². The van der Waals surface area contributed by atoms with Crippen molar-refractivity contribution in [3.05, 3.63) is 12.2 Å². The molecule has 0 heterocycles. The van der Waals surface area contributed by atoms with Crippen LogP contribution in [0.4, 0.5) is 0 Å². The Morgan fingerprint density at radius 1 is 1.50 bits per heavy atom. The highest BCUT2D eigenvalue weighted by Gasteiger charge is 2.49.